The predicted molar refractivity (Wildman–Crippen MR) is 84.1 cm³/mol. The average Bonchev–Trinajstić information content (AvgIpc) is 2.76. The number of rotatable bonds is 4. The van der Waals surface area contributed by atoms with E-state index in [9.17, 15) is 8.42 Å². The van der Waals surface area contributed by atoms with Crippen LogP contribution in [0.5, 0.6) is 0 Å². The van der Waals surface area contributed by atoms with Crippen molar-refractivity contribution in [3.63, 3.8) is 0 Å². The van der Waals surface area contributed by atoms with Crippen LogP contribution >= 0.6 is 0 Å². The van der Waals surface area contributed by atoms with E-state index < -0.39 is 10.0 Å². The normalized spacial score (nSPS) is 11.7. The third-order valence-corrected chi connectivity index (χ3v) is 4.88. The summed E-state index contributed by atoms with van der Waals surface area (Å²) < 4.78 is 29.5. The minimum Gasteiger partial charge on any atom is -0.279 e. The summed E-state index contributed by atoms with van der Waals surface area (Å²) in [6.07, 6.45) is 1.57. The van der Waals surface area contributed by atoms with Crippen LogP contribution in [0.2, 0.25) is 0 Å². The van der Waals surface area contributed by atoms with Gasteiger partial charge in [-0.15, -0.1) is 0 Å². The van der Waals surface area contributed by atoms with Gasteiger partial charge >= 0.3 is 0 Å². The van der Waals surface area contributed by atoms with Gasteiger partial charge in [0, 0.05) is 12.7 Å². The lowest BCUT2D eigenvalue weighted by Crippen LogP contribution is -2.15. The van der Waals surface area contributed by atoms with Crippen molar-refractivity contribution in [1.29, 1.82) is 0 Å². The summed E-state index contributed by atoms with van der Waals surface area (Å²) in [4.78, 5) is 0.226. The Morgan fingerprint density at radius 3 is 2.19 bits per heavy atom. The van der Waals surface area contributed by atoms with Crippen LogP contribution < -0.4 is 4.72 Å². The molecule has 0 aliphatic carbocycles. The fourth-order valence-electron chi connectivity index (χ4n) is 2.46. The fourth-order valence-corrected chi connectivity index (χ4v) is 3.85. The maximum atomic E-state index is 12.6. The molecule has 0 aliphatic heterocycles. The third kappa shape index (κ3) is 3.10. The van der Waals surface area contributed by atoms with Crippen LogP contribution in [0, 0.1) is 27.7 Å². The van der Waals surface area contributed by atoms with Crippen LogP contribution in [0.4, 0.5) is 5.69 Å². The summed E-state index contributed by atoms with van der Waals surface area (Å²) in [5.74, 6) is 0. The van der Waals surface area contributed by atoms with Crippen molar-refractivity contribution in [2.45, 2.75) is 46.1 Å². The molecule has 1 aromatic heterocycles. The molecule has 0 atom stereocenters. The Bertz CT molecular complexity index is 753. The Hall–Kier alpha value is -1.82. The van der Waals surface area contributed by atoms with Gasteiger partial charge in [0.1, 0.15) is 4.90 Å². The molecule has 0 saturated carbocycles. The second-order valence-electron chi connectivity index (χ2n) is 5.31. The quantitative estimate of drug-likeness (QED) is 0.944. The standard InChI is InChI=1S/C15H21N3O2S/c1-6-18-9-14(13(5)16-18)21(19,20)17-15-11(3)7-10(2)8-12(15)4/h7-9,17H,6H2,1-5H3. The summed E-state index contributed by atoms with van der Waals surface area (Å²) in [6, 6.07) is 3.93. The number of sulfonamides is 1. The van der Waals surface area contributed by atoms with Crippen LogP contribution in [-0.2, 0) is 16.6 Å². The molecule has 0 unspecified atom stereocenters. The fraction of sp³-hybridized carbons (Fsp3) is 0.400. The van der Waals surface area contributed by atoms with E-state index in [1.54, 1.807) is 17.8 Å². The van der Waals surface area contributed by atoms with Gasteiger partial charge in [-0.25, -0.2) is 8.42 Å². The van der Waals surface area contributed by atoms with E-state index >= 15 is 0 Å². The number of aryl methyl sites for hydroxylation is 5. The molecule has 2 rings (SSSR count). The van der Waals surface area contributed by atoms with Crippen molar-refractivity contribution in [1.82, 2.24) is 9.78 Å². The minimum absolute atomic E-state index is 0.226. The first-order valence-electron chi connectivity index (χ1n) is 6.89. The number of anilines is 1. The van der Waals surface area contributed by atoms with E-state index in [0.717, 1.165) is 16.7 Å². The molecule has 21 heavy (non-hydrogen) atoms. The van der Waals surface area contributed by atoms with Gasteiger partial charge in [0.15, 0.2) is 0 Å². The lowest BCUT2D eigenvalue weighted by atomic mass is 10.1. The van der Waals surface area contributed by atoms with Crippen LogP contribution in [0.3, 0.4) is 0 Å². The van der Waals surface area contributed by atoms with Gasteiger partial charge in [-0.1, -0.05) is 17.7 Å². The summed E-state index contributed by atoms with van der Waals surface area (Å²) >= 11 is 0. The van der Waals surface area contributed by atoms with Crippen molar-refractivity contribution in [3.05, 3.63) is 40.7 Å². The van der Waals surface area contributed by atoms with Crippen molar-refractivity contribution < 1.29 is 8.42 Å². The number of nitrogens with one attached hydrogen (secondary N) is 1. The van der Waals surface area contributed by atoms with E-state index in [0.29, 0.717) is 17.9 Å². The number of nitrogens with zero attached hydrogens (tertiary/aromatic N) is 2. The van der Waals surface area contributed by atoms with E-state index in [2.05, 4.69) is 9.82 Å². The van der Waals surface area contributed by atoms with Crippen molar-refractivity contribution in [3.8, 4) is 0 Å². The molecule has 0 aliphatic rings. The highest BCUT2D eigenvalue weighted by molar-refractivity contribution is 7.92. The molecule has 0 radical (unpaired) electrons. The maximum absolute atomic E-state index is 12.6. The SMILES string of the molecule is CCn1cc(S(=O)(=O)Nc2c(C)cc(C)cc2C)c(C)n1. The molecule has 1 N–H and O–H groups in total. The van der Waals surface area contributed by atoms with Crippen LogP contribution in [0.1, 0.15) is 29.3 Å². The summed E-state index contributed by atoms with van der Waals surface area (Å²) in [5.41, 5.74) is 4.09. The molecule has 1 aromatic carbocycles. The Morgan fingerprint density at radius 2 is 1.71 bits per heavy atom. The Balaban J connectivity index is 2.44. The Kier molecular flexibility index (Phi) is 4.09. The van der Waals surface area contributed by atoms with Crippen molar-refractivity contribution in [2.24, 2.45) is 0 Å². The van der Waals surface area contributed by atoms with Crippen molar-refractivity contribution >= 4 is 15.7 Å². The number of benzene rings is 1. The van der Waals surface area contributed by atoms with Gasteiger partial charge in [-0.2, -0.15) is 5.10 Å². The highest BCUT2D eigenvalue weighted by atomic mass is 32.2. The highest BCUT2D eigenvalue weighted by Crippen LogP contribution is 2.25. The zero-order chi connectivity index (χ0) is 15.8. The summed E-state index contributed by atoms with van der Waals surface area (Å²) in [6.45, 7) is 10.1. The maximum Gasteiger partial charge on any atom is 0.265 e. The Morgan fingerprint density at radius 1 is 1.14 bits per heavy atom. The topological polar surface area (TPSA) is 64.0 Å². The predicted octanol–water partition coefficient (Wildman–Crippen LogP) is 2.94. The van der Waals surface area contributed by atoms with Crippen LogP contribution in [0.25, 0.3) is 0 Å². The van der Waals surface area contributed by atoms with E-state index in [4.69, 9.17) is 0 Å². The first-order chi connectivity index (χ1) is 9.74. The van der Waals surface area contributed by atoms with Crippen molar-refractivity contribution in [2.75, 3.05) is 4.72 Å². The van der Waals surface area contributed by atoms with Gasteiger partial charge in [-0.3, -0.25) is 9.40 Å². The minimum atomic E-state index is -3.62. The second kappa shape index (κ2) is 5.52. The largest absolute Gasteiger partial charge is 0.279 e. The van der Waals surface area contributed by atoms with Gasteiger partial charge in [0.25, 0.3) is 10.0 Å². The lowest BCUT2D eigenvalue weighted by molar-refractivity contribution is 0.600. The molecular formula is C15H21N3O2S. The first-order valence-corrected chi connectivity index (χ1v) is 8.37. The zero-order valence-corrected chi connectivity index (χ0v) is 13.9. The lowest BCUT2D eigenvalue weighted by Gasteiger charge is -2.13. The van der Waals surface area contributed by atoms with E-state index in [1.807, 2.05) is 39.8 Å². The third-order valence-electron chi connectivity index (χ3n) is 3.43. The molecule has 5 nitrogen and oxygen atoms in total. The Labute approximate surface area is 126 Å². The number of aromatic nitrogens is 2. The number of hydrogen-bond acceptors (Lipinski definition) is 3. The van der Waals surface area contributed by atoms with E-state index in [-0.39, 0.29) is 4.90 Å². The monoisotopic (exact) mass is 307 g/mol. The van der Waals surface area contributed by atoms with Gasteiger partial charge < -0.3 is 0 Å². The molecule has 1 heterocycles. The molecule has 0 amide bonds. The second-order valence-corrected chi connectivity index (χ2v) is 6.96. The average molecular weight is 307 g/mol. The summed E-state index contributed by atoms with van der Waals surface area (Å²) in [5, 5.41) is 4.19. The molecule has 0 bridgehead atoms. The molecule has 0 fully saturated rings. The highest BCUT2D eigenvalue weighted by Gasteiger charge is 2.21. The molecular weight excluding hydrogens is 286 g/mol. The molecule has 0 spiro atoms. The van der Waals surface area contributed by atoms with E-state index in [1.165, 1.54) is 0 Å². The van der Waals surface area contributed by atoms with Gasteiger partial charge in [-0.05, 0) is 45.7 Å². The van der Waals surface area contributed by atoms with Gasteiger partial charge in [0.05, 0.1) is 11.4 Å². The summed E-state index contributed by atoms with van der Waals surface area (Å²) in [7, 11) is -3.62. The van der Waals surface area contributed by atoms with Crippen LogP contribution in [0.15, 0.2) is 23.2 Å². The smallest absolute Gasteiger partial charge is 0.265 e. The molecule has 6 heteroatoms. The first kappa shape index (κ1) is 15.6. The molecule has 114 valence electrons. The number of hydrogen-bond donors (Lipinski definition) is 1. The molecule has 0 saturated heterocycles. The zero-order valence-electron chi connectivity index (χ0n) is 13.1. The molecule has 2 aromatic rings. The van der Waals surface area contributed by atoms with Gasteiger partial charge in [0.2, 0.25) is 0 Å². The van der Waals surface area contributed by atoms with Crippen LogP contribution in [-0.4, -0.2) is 18.2 Å².